The second-order valence-electron chi connectivity index (χ2n) is 3.92. The van der Waals surface area contributed by atoms with E-state index in [1.54, 1.807) is 18.2 Å². The van der Waals surface area contributed by atoms with Gasteiger partial charge in [0.25, 0.3) is 0 Å². The second-order valence-corrected chi connectivity index (χ2v) is 5.07. The van der Waals surface area contributed by atoms with Gasteiger partial charge in [0.2, 0.25) is 5.91 Å². The lowest BCUT2D eigenvalue weighted by Gasteiger charge is -2.14. The Kier molecular flexibility index (Phi) is 4.06. The summed E-state index contributed by atoms with van der Waals surface area (Å²) in [6, 6.07) is 12.2. The molecular weight excluding hydrogens is 265 g/mol. The summed E-state index contributed by atoms with van der Waals surface area (Å²) in [6.07, 6.45) is 0. The lowest BCUT2D eigenvalue weighted by Crippen LogP contribution is -2.18. The van der Waals surface area contributed by atoms with Crippen molar-refractivity contribution in [3.63, 3.8) is 0 Å². The molecule has 2 aromatic rings. The first-order valence-corrected chi connectivity index (χ1v) is 6.45. The number of hydrogen-bond donors (Lipinski definition) is 2. The van der Waals surface area contributed by atoms with Crippen molar-refractivity contribution in [2.45, 2.75) is 10.1 Å². The first-order chi connectivity index (χ1) is 9.08. The van der Waals surface area contributed by atoms with Crippen molar-refractivity contribution < 1.29 is 14.3 Å². The van der Waals surface area contributed by atoms with E-state index >= 15 is 0 Å². The third kappa shape index (κ3) is 3.26. The lowest BCUT2D eigenvalue weighted by molar-refractivity contribution is -0.117. The minimum absolute atomic E-state index is 0.0841. The zero-order valence-electron chi connectivity index (χ0n) is 9.92. The fourth-order valence-corrected chi connectivity index (χ4v) is 2.62. The van der Waals surface area contributed by atoms with Gasteiger partial charge in [-0.05, 0) is 29.8 Å². The molecule has 0 heterocycles. The molecule has 0 unspecified atom stereocenters. The molecule has 0 aliphatic rings. The molecule has 19 heavy (non-hydrogen) atoms. The molecule has 0 aromatic heterocycles. The predicted octanol–water partition coefficient (Wildman–Crippen LogP) is 2.85. The normalized spacial score (nSPS) is 12.1. The van der Waals surface area contributed by atoms with Crippen molar-refractivity contribution in [3.05, 3.63) is 59.9 Å². The van der Waals surface area contributed by atoms with Crippen LogP contribution in [0.4, 0.5) is 4.39 Å². The zero-order valence-corrected chi connectivity index (χ0v) is 10.7. The minimum Gasteiger partial charge on any atom is -0.507 e. The summed E-state index contributed by atoms with van der Waals surface area (Å²) in [6.45, 7) is 0. The van der Waals surface area contributed by atoms with Crippen molar-refractivity contribution in [1.82, 2.24) is 0 Å². The number of carbonyl (C=O) groups excluding carboxylic acids is 1. The summed E-state index contributed by atoms with van der Waals surface area (Å²) in [7, 11) is 0. The van der Waals surface area contributed by atoms with Gasteiger partial charge in [-0.25, -0.2) is 4.39 Å². The van der Waals surface area contributed by atoms with Crippen LogP contribution >= 0.6 is 11.8 Å². The van der Waals surface area contributed by atoms with E-state index in [1.807, 2.05) is 0 Å². The van der Waals surface area contributed by atoms with Crippen LogP contribution < -0.4 is 5.73 Å². The van der Waals surface area contributed by atoms with Gasteiger partial charge in [-0.2, -0.15) is 0 Å². The van der Waals surface area contributed by atoms with Crippen LogP contribution in [0.5, 0.6) is 5.75 Å². The number of aromatic hydroxyl groups is 1. The van der Waals surface area contributed by atoms with Crippen LogP contribution in [-0.2, 0) is 4.79 Å². The topological polar surface area (TPSA) is 63.3 Å². The van der Waals surface area contributed by atoms with E-state index in [4.69, 9.17) is 5.73 Å². The average Bonchev–Trinajstić information content (AvgIpc) is 2.39. The molecule has 1 atom stereocenters. The van der Waals surface area contributed by atoms with E-state index in [-0.39, 0.29) is 11.6 Å². The maximum absolute atomic E-state index is 12.9. The molecule has 3 nitrogen and oxygen atoms in total. The number of rotatable bonds is 4. The maximum Gasteiger partial charge on any atom is 0.235 e. The van der Waals surface area contributed by atoms with Crippen LogP contribution in [0.3, 0.4) is 0 Å². The first kappa shape index (κ1) is 13.4. The molecule has 5 heteroatoms. The van der Waals surface area contributed by atoms with Gasteiger partial charge in [0.05, 0.1) is 4.90 Å². The molecule has 0 aliphatic heterocycles. The summed E-state index contributed by atoms with van der Waals surface area (Å²) in [5.74, 6) is -0.833. The highest BCUT2D eigenvalue weighted by molar-refractivity contribution is 8.00. The zero-order chi connectivity index (χ0) is 13.8. The number of halogens is 1. The van der Waals surface area contributed by atoms with Gasteiger partial charge >= 0.3 is 0 Å². The maximum atomic E-state index is 12.9. The van der Waals surface area contributed by atoms with Crippen LogP contribution in [0, 0.1) is 5.82 Å². The largest absolute Gasteiger partial charge is 0.507 e. The van der Waals surface area contributed by atoms with Gasteiger partial charge in [-0.3, -0.25) is 4.79 Å². The van der Waals surface area contributed by atoms with Crippen molar-refractivity contribution in [2.75, 3.05) is 0 Å². The Balaban J connectivity index is 2.29. The number of benzene rings is 2. The molecular formula is C14H12FNO2S. The number of hydrogen-bond acceptors (Lipinski definition) is 3. The number of primary amides is 1. The molecule has 2 rings (SSSR count). The molecule has 0 spiro atoms. The SMILES string of the molecule is NC(=O)[C@@H](Sc1ccccc1O)c1ccc(F)cc1. The molecule has 0 fully saturated rings. The van der Waals surface area contributed by atoms with Gasteiger partial charge in [0.15, 0.2) is 0 Å². The van der Waals surface area contributed by atoms with Crippen molar-refractivity contribution in [2.24, 2.45) is 5.73 Å². The number of para-hydroxylation sites is 1. The molecule has 0 saturated heterocycles. The second kappa shape index (κ2) is 5.75. The van der Waals surface area contributed by atoms with Crippen LogP contribution in [0.15, 0.2) is 53.4 Å². The van der Waals surface area contributed by atoms with Crippen LogP contribution in [0.25, 0.3) is 0 Å². The first-order valence-electron chi connectivity index (χ1n) is 5.57. The monoisotopic (exact) mass is 277 g/mol. The van der Waals surface area contributed by atoms with E-state index in [0.29, 0.717) is 10.5 Å². The van der Waals surface area contributed by atoms with Crippen LogP contribution in [0.1, 0.15) is 10.8 Å². The summed E-state index contributed by atoms with van der Waals surface area (Å²) in [5, 5.41) is 9.03. The predicted molar refractivity (Wildman–Crippen MR) is 72.3 cm³/mol. The number of phenols is 1. The van der Waals surface area contributed by atoms with Crippen LogP contribution in [0.2, 0.25) is 0 Å². The summed E-state index contributed by atoms with van der Waals surface area (Å²) < 4.78 is 12.9. The van der Waals surface area contributed by atoms with Gasteiger partial charge in [0, 0.05) is 0 Å². The smallest absolute Gasteiger partial charge is 0.235 e. The highest BCUT2D eigenvalue weighted by Gasteiger charge is 2.20. The molecule has 0 bridgehead atoms. The van der Waals surface area contributed by atoms with Crippen molar-refractivity contribution in [3.8, 4) is 5.75 Å². The standard InChI is InChI=1S/C14H12FNO2S/c15-10-7-5-9(6-8-10)13(14(16)18)19-12-4-2-1-3-11(12)17/h1-8,13,17H,(H2,16,18)/t13-/m0/s1. The molecule has 3 N–H and O–H groups in total. The quantitative estimate of drug-likeness (QED) is 0.845. The van der Waals surface area contributed by atoms with Gasteiger partial charge < -0.3 is 10.8 Å². The van der Waals surface area contributed by atoms with Gasteiger partial charge in [0.1, 0.15) is 16.8 Å². The Hall–Kier alpha value is -2.01. The third-order valence-corrected chi connectivity index (χ3v) is 3.88. The molecule has 2 aromatic carbocycles. The summed E-state index contributed by atoms with van der Waals surface area (Å²) >= 11 is 1.14. The number of carbonyl (C=O) groups is 1. The van der Waals surface area contributed by atoms with Gasteiger partial charge in [-0.15, -0.1) is 11.8 Å². The van der Waals surface area contributed by atoms with Crippen molar-refractivity contribution in [1.29, 1.82) is 0 Å². The molecule has 1 amide bonds. The molecule has 0 radical (unpaired) electrons. The number of amides is 1. The highest BCUT2D eigenvalue weighted by atomic mass is 32.2. The Morgan fingerprint density at radius 1 is 1.16 bits per heavy atom. The molecule has 98 valence electrons. The Morgan fingerprint density at radius 3 is 2.37 bits per heavy atom. The lowest BCUT2D eigenvalue weighted by atomic mass is 10.1. The van der Waals surface area contributed by atoms with Crippen molar-refractivity contribution >= 4 is 17.7 Å². The Morgan fingerprint density at radius 2 is 1.79 bits per heavy atom. The van der Waals surface area contributed by atoms with Gasteiger partial charge in [-0.1, -0.05) is 24.3 Å². The Bertz CT molecular complexity index is 586. The minimum atomic E-state index is -0.672. The average molecular weight is 277 g/mol. The fraction of sp³-hybridized carbons (Fsp3) is 0.0714. The highest BCUT2D eigenvalue weighted by Crippen LogP contribution is 2.39. The summed E-state index contributed by atoms with van der Waals surface area (Å²) in [5.41, 5.74) is 5.97. The fourth-order valence-electron chi connectivity index (χ4n) is 1.61. The summed E-state index contributed by atoms with van der Waals surface area (Å²) in [4.78, 5) is 12.1. The van der Waals surface area contributed by atoms with E-state index in [9.17, 15) is 14.3 Å². The number of thioether (sulfide) groups is 1. The number of nitrogens with two attached hydrogens (primary N) is 1. The Labute approximate surface area is 114 Å². The number of phenolic OH excluding ortho intramolecular Hbond substituents is 1. The van der Waals surface area contributed by atoms with E-state index in [0.717, 1.165) is 11.8 Å². The van der Waals surface area contributed by atoms with Crippen LogP contribution in [-0.4, -0.2) is 11.0 Å². The third-order valence-electron chi connectivity index (χ3n) is 2.54. The van der Waals surface area contributed by atoms with E-state index in [2.05, 4.69) is 0 Å². The van der Waals surface area contributed by atoms with E-state index in [1.165, 1.54) is 30.3 Å². The molecule has 0 aliphatic carbocycles. The van der Waals surface area contributed by atoms with E-state index < -0.39 is 11.2 Å². The molecule has 0 saturated carbocycles.